The standard InChI is InChI=1S/C21H18Cl2N2O5S/c1-29-16-7-4-14(5-8-16)25-31(27,28)20-12-15(6-10-19(20)30-2)24-21(26)17-11-13(22)3-9-18(17)23/h3-12,25H,1-2H3,(H,24,26). The fourth-order valence-corrected chi connectivity index (χ4v) is 4.33. The van der Waals surface area contributed by atoms with Crippen LogP contribution in [0.3, 0.4) is 0 Å². The minimum Gasteiger partial charge on any atom is -0.497 e. The van der Waals surface area contributed by atoms with Gasteiger partial charge in [0.2, 0.25) is 0 Å². The van der Waals surface area contributed by atoms with Crippen molar-refractivity contribution in [3.05, 3.63) is 76.3 Å². The summed E-state index contributed by atoms with van der Waals surface area (Å²) < 4.78 is 38.7. The normalized spacial score (nSPS) is 11.0. The molecule has 1 amide bonds. The van der Waals surface area contributed by atoms with Crippen LogP contribution in [0.2, 0.25) is 10.0 Å². The Morgan fingerprint density at radius 2 is 1.55 bits per heavy atom. The third kappa shape index (κ3) is 5.41. The van der Waals surface area contributed by atoms with E-state index in [1.807, 2.05) is 0 Å². The molecule has 3 aromatic carbocycles. The van der Waals surface area contributed by atoms with Gasteiger partial charge in [-0.1, -0.05) is 23.2 Å². The zero-order valence-corrected chi connectivity index (χ0v) is 18.8. The summed E-state index contributed by atoms with van der Waals surface area (Å²) in [4.78, 5) is 12.4. The van der Waals surface area contributed by atoms with Gasteiger partial charge in [0.25, 0.3) is 15.9 Å². The Morgan fingerprint density at radius 1 is 0.871 bits per heavy atom. The van der Waals surface area contributed by atoms with Crippen molar-refractivity contribution in [2.24, 2.45) is 0 Å². The molecule has 0 aliphatic carbocycles. The first-order valence-electron chi connectivity index (χ1n) is 8.85. The Kier molecular flexibility index (Phi) is 6.94. The van der Waals surface area contributed by atoms with Crippen molar-refractivity contribution in [2.45, 2.75) is 4.90 Å². The van der Waals surface area contributed by atoms with Crippen molar-refractivity contribution < 1.29 is 22.7 Å². The van der Waals surface area contributed by atoms with E-state index >= 15 is 0 Å². The number of anilines is 2. The van der Waals surface area contributed by atoms with Crippen molar-refractivity contribution in [1.29, 1.82) is 0 Å². The maximum Gasteiger partial charge on any atom is 0.265 e. The first-order chi connectivity index (χ1) is 14.7. The molecule has 0 aliphatic heterocycles. The van der Waals surface area contributed by atoms with Gasteiger partial charge in [0.1, 0.15) is 16.4 Å². The zero-order chi connectivity index (χ0) is 22.6. The number of hydrogen-bond donors (Lipinski definition) is 2. The lowest BCUT2D eigenvalue weighted by Gasteiger charge is -2.14. The molecule has 31 heavy (non-hydrogen) atoms. The Bertz CT molecular complexity index is 1210. The van der Waals surface area contributed by atoms with Gasteiger partial charge in [0, 0.05) is 16.4 Å². The van der Waals surface area contributed by atoms with Gasteiger partial charge in [-0.3, -0.25) is 9.52 Å². The highest BCUT2D eigenvalue weighted by Gasteiger charge is 2.21. The summed E-state index contributed by atoms with van der Waals surface area (Å²) >= 11 is 12.0. The minimum atomic E-state index is -4.03. The molecule has 2 N–H and O–H groups in total. The molecule has 0 unspecified atom stereocenters. The Balaban J connectivity index is 1.90. The van der Waals surface area contributed by atoms with Gasteiger partial charge in [-0.05, 0) is 60.7 Å². The molecule has 3 rings (SSSR count). The number of methoxy groups -OCH3 is 2. The van der Waals surface area contributed by atoms with Gasteiger partial charge in [-0.2, -0.15) is 0 Å². The molecule has 162 valence electrons. The number of rotatable bonds is 7. The lowest BCUT2D eigenvalue weighted by molar-refractivity contribution is 0.102. The molecule has 0 saturated carbocycles. The lowest BCUT2D eigenvalue weighted by atomic mass is 10.2. The third-order valence-electron chi connectivity index (χ3n) is 4.23. The van der Waals surface area contributed by atoms with Crippen molar-refractivity contribution in [3.63, 3.8) is 0 Å². The fourth-order valence-electron chi connectivity index (χ4n) is 2.70. The molecule has 0 saturated heterocycles. The molecule has 0 heterocycles. The van der Waals surface area contributed by atoms with Crippen LogP contribution in [0.1, 0.15) is 10.4 Å². The number of nitrogens with one attached hydrogen (secondary N) is 2. The topological polar surface area (TPSA) is 93.7 Å². The summed E-state index contributed by atoms with van der Waals surface area (Å²) in [7, 11) is -1.16. The first-order valence-corrected chi connectivity index (χ1v) is 11.1. The second-order valence-corrected chi connectivity index (χ2v) is 8.77. The van der Waals surface area contributed by atoms with Gasteiger partial charge in [-0.25, -0.2) is 8.42 Å². The number of benzene rings is 3. The number of ether oxygens (including phenoxy) is 2. The predicted octanol–water partition coefficient (Wildman–Crippen LogP) is 5.06. The smallest absolute Gasteiger partial charge is 0.265 e. The summed E-state index contributed by atoms with van der Waals surface area (Å²) in [6.07, 6.45) is 0. The molecule has 0 spiro atoms. The van der Waals surface area contributed by atoms with Gasteiger partial charge in [-0.15, -0.1) is 0 Å². The summed E-state index contributed by atoms with van der Waals surface area (Å²) in [5.74, 6) is 0.161. The number of carbonyl (C=O) groups excluding carboxylic acids is 1. The molecule has 0 fully saturated rings. The lowest BCUT2D eigenvalue weighted by Crippen LogP contribution is -2.16. The highest BCUT2D eigenvalue weighted by atomic mass is 35.5. The third-order valence-corrected chi connectivity index (χ3v) is 6.19. The van der Waals surface area contributed by atoms with Crippen LogP contribution in [0.15, 0.2) is 65.6 Å². The molecule has 10 heteroatoms. The second kappa shape index (κ2) is 9.47. The van der Waals surface area contributed by atoms with Crippen LogP contribution in [-0.2, 0) is 10.0 Å². The fraction of sp³-hybridized carbons (Fsp3) is 0.0952. The van der Waals surface area contributed by atoms with Crippen molar-refractivity contribution >= 4 is 50.5 Å². The van der Waals surface area contributed by atoms with Crippen molar-refractivity contribution in [3.8, 4) is 11.5 Å². The van der Waals surface area contributed by atoms with E-state index in [1.165, 1.54) is 44.6 Å². The first kappa shape index (κ1) is 22.7. The van der Waals surface area contributed by atoms with Crippen molar-refractivity contribution in [2.75, 3.05) is 24.3 Å². The van der Waals surface area contributed by atoms with E-state index in [-0.39, 0.29) is 26.9 Å². The number of carbonyl (C=O) groups is 1. The molecule has 0 aromatic heterocycles. The Hall–Kier alpha value is -2.94. The van der Waals surface area contributed by atoms with E-state index in [0.29, 0.717) is 16.5 Å². The van der Waals surface area contributed by atoms with Crippen LogP contribution < -0.4 is 19.5 Å². The largest absolute Gasteiger partial charge is 0.497 e. The summed E-state index contributed by atoms with van der Waals surface area (Å²) in [5, 5.41) is 3.18. The van der Waals surface area contributed by atoms with Gasteiger partial charge in [0.05, 0.1) is 24.8 Å². The highest BCUT2D eigenvalue weighted by molar-refractivity contribution is 7.92. The van der Waals surface area contributed by atoms with E-state index < -0.39 is 15.9 Å². The highest BCUT2D eigenvalue weighted by Crippen LogP contribution is 2.30. The van der Waals surface area contributed by atoms with E-state index in [0.717, 1.165) is 0 Å². The second-order valence-electron chi connectivity index (χ2n) is 6.28. The molecule has 7 nitrogen and oxygen atoms in total. The molecular weight excluding hydrogens is 463 g/mol. The monoisotopic (exact) mass is 480 g/mol. The van der Waals surface area contributed by atoms with Crippen LogP contribution in [0.5, 0.6) is 11.5 Å². The number of hydrogen-bond acceptors (Lipinski definition) is 5. The van der Waals surface area contributed by atoms with Crippen LogP contribution >= 0.6 is 23.2 Å². The minimum absolute atomic E-state index is 0.111. The van der Waals surface area contributed by atoms with Crippen molar-refractivity contribution in [1.82, 2.24) is 0 Å². The maximum atomic E-state index is 13.0. The van der Waals surface area contributed by atoms with Gasteiger partial charge < -0.3 is 14.8 Å². The SMILES string of the molecule is COc1ccc(NS(=O)(=O)c2cc(NC(=O)c3cc(Cl)ccc3Cl)ccc2OC)cc1. The average Bonchev–Trinajstić information content (AvgIpc) is 2.75. The van der Waals surface area contributed by atoms with Crippen LogP contribution in [0.4, 0.5) is 11.4 Å². The molecule has 0 atom stereocenters. The summed E-state index contributed by atoms with van der Waals surface area (Å²) in [6.45, 7) is 0. The van der Waals surface area contributed by atoms with E-state index in [1.54, 1.807) is 30.3 Å². The van der Waals surface area contributed by atoms with E-state index in [9.17, 15) is 13.2 Å². The maximum absolute atomic E-state index is 13.0. The molecule has 0 bridgehead atoms. The van der Waals surface area contributed by atoms with E-state index in [4.69, 9.17) is 32.7 Å². The average molecular weight is 481 g/mol. The van der Waals surface area contributed by atoms with Crippen LogP contribution in [-0.4, -0.2) is 28.5 Å². The molecule has 3 aromatic rings. The van der Waals surface area contributed by atoms with Gasteiger partial charge in [0.15, 0.2) is 0 Å². The molecule has 0 radical (unpaired) electrons. The predicted molar refractivity (Wildman–Crippen MR) is 121 cm³/mol. The quantitative estimate of drug-likeness (QED) is 0.492. The zero-order valence-electron chi connectivity index (χ0n) is 16.5. The number of sulfonamides is 1. The van der Waals surface area contributed by atoms with Crippen LogP contribution in [0.25, 0.3) is 0 Å². The van der Waals surface area contributed by atoms with E-state index in [2.05, 4.69) is 10.0 Å². The molecular formula is C21H18Cl2N2O5S. The number of amides is 1. The Labute approximate surface area is 189 Å². The molecule has 0 aliphatic rings. The summed E-state index contributed by atoms with van der Waals surface area (Å²) in [6, 6.07) is 15.1. The van der Waals surface area contributed by atoms with Gasteiger partial charge >= 0.3 is 0 Å². The summed E-state index contributed by atoms with van der Waals surface area (Å²) in [5.41, 5.74) is 0.727. The number of halogens is 2. The van der Waals surface area contributed by atoms with Crippen LogP contribution in [0, 0.1) is 0 Å². The Morgan fingerprint density at radius 3 is 2.19 bits per heavy atom.